The first-order chi connectivity index (χ1) is 5.95. The molecule has 0 aromatic carbocycles. The highest BCUT2D eigenvalue weighted by Gasteiger charge is 2.15. The maximum atomic E-state index is 11.6. The minimum Gasteiger partial charge on any atom is -0.458 e. The standard InChI is InChI=1S/C9H17FO3/c1-9(2,3)13-8(11)7-12-6-4-5-10/h4-7H2,1-3H3. The molecule has 4 heteroatoms. The molecule has 3 nitrogen and oxygen atoms in total. The monoisotopic (exact) mass is 192 g/mol. The molecule has 0 saturated carbocycles. The van der Waals surface area contributed by atoms with Crippen molar-refractivity contribution in [2.24, 2.45) is 0 Å². The van der Waals surface area contributed by atoms with Crippen LogP contribution < -0.4 is 0 Å². The highest BCUT2D eigenvalue weighted by atomic mass is 19.1. The summed E-state index contributed by atoms with van der Waals surface area (Å²) in [5, 5.41) is 0. The largest absolute Gasteiger partial charge is 0.458 e. The number of hydrogen-bond acceptors (Lipinski definition) is 3. The normalized spacial score (nSPS) is 11.4. The van der Waals surface area contributed by atoms with Gasteiger partial charge < -0.3 is 9.47 Å². The fourth-order valence-electron chi connectivity index (χ4n) is 0.683. The van der Waals surface area contributed by atoms with Gasteiger partial charge >= 0.3 is 5.97 Å². The van der Waals surface area contributed by atoms with Crippen molar-refractivity contribution in [1.29, 1.82) is 0 Å². The number of esters is 1. The molecule has 0 atom stereocenters. The van der Waals surface area contributed by atoms with Crippen LogP contribution in [-0.4, -0.2) is 31.5 Å². The van der Waals surface area contributed by atoms with Gasteiger partial charge in [0.05, 0.1) is 6.67 Å². The van der Waals surface area contributed by atoms with Gasteiger partial charge in [-0.2, -0.15) is 0 Å². The van der Waals surface area contributed by atoms with Crippen LogP contribution in [0.2, 0.25) is 0 Å². The lowest BCUT2D eigenvalue weighted by Gasteiger charge is -2.19. The Morgan fingerprint density at radius 1 is 1.38 bits per heavy atom. The first kappa shape index (κ1) is 12.4. The summed E-state index contributed by atoms with van der Waals surface area (Å²) in [5.41, 5.74) is -0.486. The summed E-state index contributed by atoms with van der Waals surface area (Å²) >= 11 is 0. The van der Waals surface area contributed by atoms with E-state index < -0.39 is 18.2 Å². The summed E-state index contributed by atoms with van der Waals surface area (Å²) < 4.78 is 21.4. The molecule has 78 valence electrons. The number of ether oxygens (including phenoxy) is 2. The molecule has 0 rings (SSSR count). The van der Waals surface area contributed by atoms with Crippen molar-refractivity contribution < 1.29 is 18.7 Å². The number of carbonyl (C=O) groups is 1. The second kappa shape index (κ2) is 5.91. The van der Waals surface area contributed by atoms with Crippen molar-refractivity contribution in [3.05, 3.63) is 0 Å². The molecule has 0 amide bonds. The molecular formula is C9H17FO3. The van der Waals surface area contributed by atoms with Crippen molar-refractivity contribution in [1.82, 2.24) is 0 Å². The molecule has 0 saturated heterocycles. The highest BCUT2D eigenvalue weighted by molar-refractivity contribution is 5.71. The van der Waals surface area contributed by atoms with Crippen LogP contribution in [0.1, 0.15) is 27.2 Å². The molecule has 0 aliphatic heterocycles. The van der Waals surface area contributed by atoms with Gasteiger partial charge in [-0.05, 0) is 27.2 Å². The number of halogens is 1. The SMILES string of the molecule is CC(C)(C)OC(=O)COCCCF. The highest BCUT2D eigenvalue weighted by Crippen LogP contribution is 2.06. The zero-order valence-electron chi connectivity index (χ0n) is 8.43. The Labute approximate surface area is 78.2 Å². The zero-order valence-corrected chi connectivity index (χ0v) is 8.43. The molecule has 0 aliphatic carbocycles. The van der Waals surface area contributed by atoms with E-state index in [1.54, 1.807) is 20.8 Å². The van der Waals surface area contributed by atoms with E-state index in [2.05, 4.69) is 0 Å². The smallest absolute Gasteiger partial charge is 0.332 e. The summed E-state index contributed by atoms with van der Waals surface area (Å²) in [7, 11) is 0. The first-order valence-corrected chi connectivity index (χ1v) is 4.31. The quantitative estimate of drug-likeness (QED) is 0.491. The van der Waals surface area contributed by atoms with Gasteiger partial charge in [0, 0.05) is 6.61 Å². The Morgan fingerprint density at radius 3 is 2.46 bits per heavy atom. The minimum absolute atomic E-state index is 0.0999. The van der Waals surface area contributed by atoms with E-state index in [1.807, 2.05) is 0 Å². The summed E-state index contributed by atoms with van der Waals surface area (Å²) in [6, 6.07) is 0. The lowest BCUT2D eigenvalue weighted by molar-refractivity contribution is -0.160. The van der Waals surface area contributed by atoms with E-state index >= 15 is 0 Å². The number of carbonyl (C=O) groups excluding carboxylic acids is 1. The molecule has 13 heavy (non-hydrogen) atoms. The van der Waals surface area contributed by atoms with E-state index in [4.69, 9.17) is 9.47 Å². The summed E-state index contributed by atoms with van der Waals surface area (Å²) in [5.74, 6) is -0.411. The molecular weight excluding hydrogens is 175 g/mol. The Bertz CT molecular complexity index is 151. The molecule has 0 heterocycles. The molecule has 0 aromatic heterocycles. The molecule has 0 fully saturated rings. The van der Waals surface area contributed by atoms with Crippen molar-refractivity contribution >= 4 is 5.97 Å². The number of hydrogen-bond donors (Lipinski definition) is 0. The van der Waals surface area contributed by atoms with Crippen molar-refractivity contribution in [3.8, 4) is 0 Å². The van der Waals surface area contributed by atoms with Crippen LogP contribution in [0.3, 0.4) is 0 Å². The van der Waals surface area contributed by atoms with Gasteiger partial charge in [-0.1, -0.05) is 0 Å². The molecule has 0 aromatic rings. The summed E-state index contributed by atoms with van der Waals surface area (Å²) in [4.78, 5) is 11.0. The third-order valence-corrected chi connectivity index (χ3v) is 1.06. The maximum absolute atomic E-state index is 11.6. The van der Waals surface area contributed by atoms with Crippen LogP contribution in [-0.2, 0) is 14.3 Å². The Hall–Kier alpha value is -0.640. The van der Waals surface area contributed by atoms with Gasteiger partial charge in [0.25, 0.3) is 0 Å². The van der Waals surface area contributed by atoms with E-state index in [0.29, 0.717) is 6.42 Å². The van der Waals surface area contributed by atoms with Gasteiger partial charge in [-0.15, -0.1) is 0 Å². The molecule has 0 aliphatic rings. The van der Waals surface area contributed by atoms with Crippen LogP contribution in [0.25, 0.3) is 0 Å². The van der Waals surface area contributed by atoms with E-state index in [-0.39, 0.29) is 13.2 Å². The van der Waals surface area contributed by atoms with Gasteiger partial charge in [0.2, 0.25) is 0 Å². The first-order valence-electron chi connectivity index (χ1n) is 4.31. The predicted octanol–water partition coefficient (Wildman–Crippen LogP) is 1.70. The van der Waals surface area contributed by atoms with Gasteiger partial charge in [-0.3, -0.25) is 4.39 Å². The van der Waals surface area contributed by atoms with E-state index in [9.17, 15) is 9.18 Å². The third-order valence-electron chi connectivity index (χ3n) is 1.06. The Morgan fingerprint density at radius 2 is 2.00 bits per heavy atom. The zero-order chi connectivity index (χ0) is 10.3. The predicted molar refractivity (Wildman–Crippen MR) is 47.3 cm³/mol. The molecule has 0 unspecified atom stereocenters. The van der Waals surface area contributed by atoms with Crippen molar-refractivity contribution in [3.63, 3.8) is 0 Å². The van der Waals surface area contributed by atoms with Crippen molar-refractivity contribution in [2.75, 3.05) is 19.9 Å². The molecule has 0 bridgehead atoms. The van der Waals surface area contributed by atoms with Gasteiger partial charge in [0.1, 0.15) is 12.2 Å². The van der Waals surface area contributed by atoms with Crippen LogP contribution in [0.15, 0.2) is 0 Å². The van der Waals surface area contributed by atoms with Gasteiger partial charge in [0.15, 0.2) is 0 Å². The Balaban J connectivity index is 3.41. The number of alkyl halides is 1. The Kier molecular flexibility index (Phi) is 5.62. The minimum atomic E-state index is -0.486. The molecule has 0 spiro atoms. The topological polar surface area (TPSA) is 35.5 Å². The van der Waals surface area contributed by atoms with Crippen LogP contribution in [0.5, 0.6) is 0 Å². The second-order valence-electron chi connectivity index (χ2n) is 3.68. The fourth-order valence-corrected chi connectivity index (χ4v) is 0.683. The fraction of sp³-hybridized carbons (Fsp3) is 0.889. The second-order valence-corrected chi connectivity index (χ2v) is 3.68. The van der Waals surface area contributed by atoms with Crippen molar-refractivity contribution in [2.45, 2.75) is 32.8 Å². The maximum Gasteiger partial charge on any atom is 0.332 e. The van der Waals surface area contributed by atoms with Crippen LogP contribution in [0, 0.1) is 0 Å². The van der Waals surface area contributed by atoms with E-state index in [0.717, 1.165) is 0 Å². The van der Waals surface area contributed by atoms with Gasteiger partial charge in [-0.25, -0.2) is 4.79 Å². The van der Waals surface area contributed by atoms with E-state index in [1.165, 1.54) is 0 Å². The number of rotatable bonds is 5. The molecule has 0 N–H and O–H groups in total. The van der Waals surface area contributed by atoms with Crippen LogP contribution in [0.4, 0.5) is 4.39 Å². The summed E-state index contributed by atoms with van der Waals surface area (Å²) in [6.45, 7) is 5.09. The third kappa shape index (κ3) is 9.27. The average molecular weight is 192 g/mol. The average Bonchev–Trinajstić information content (AvgIpc) is 1.94. The lowest BCUT2D eigenvalue weighted by atomic mass is 10.2. The molecule has 0 radical (unpaired) electrons. The lowest BCUT2D eigenvalue weighted by Crippen LogP contribution is -2.26. The summed E-state index contributed by atoms with van der Waals surface area (Å²) in [6.07, 6.45) is 0.322. The van der Waals surface area contributed by atoms with Crippen LogP contribution >= 0.6 is 0 Å².